The van der Waals surface area contributed by atoms with Gasteiger partial charge in [-0.05, 0) is 19.4 Å². The summed E-state index contributed by atoms with van der Waals surface area (Å²) >= 11 is 0. The molecule has 21 heavy (non-hydrogen) atoms. The first-order valence-corrected chi connectivity index (χ1v) is 6.29. The summed E-state index contributed by atoms with van der Waals surface area (Å²) in [6.45, 7) is 3.30. The number of carboxylic acids is 1. The molecule has 0 bridgehead atoms. The molecule has 0 spiro atoms. The van der Waals surface area contributed by atoms with Crippen LogP contribution < -0.4 is 10.1 Å². The van der Waals surface area contributed by atoms with Gasteiger partial charge in [0.15, 0.2) is 12.2 Å². The SMILES string of the molecule is CCC(C)NC(=O)COc1cccc([N+](=O)[O-])c1C(=O)O. The average molecular weight is 296 g/mol. The highest BCUT2D eigenvalue weighted by molar-refractivity contribution is 5.95. The Morgan fingerprint density at radius 2 is 2.14 bits per heavy atom. The number of benzene rings is 1. The Balaban J connectivity index is 2.89. The van der Waals surface area contributed by atoms with Gasteiger partial charge in [-0.2, -0.15) is 0 Å². The summed E-state index contributed by atoms with van der Waals surface area (Å²) in [5.41, 5.74) is -1.15. The van der Waals surface area contributed by atoms with Gasteiger partial charge < -0.3 is 15.2 Å². The van der Waals surface area contributed by atoms with Crippen LogP contribution in [-0.4, -0.2) is 34.6 Å². The zero-order valence-electron chi connectivity index (χ0n) is 11.7. The summed E-state index contributed by atoms with van der Waals surface area (Å²) in [4.78, 5) is 32.7. The number of nitrogens with one attached hydrogen (secondary N) is 1. The third-order valence-corrected chi connectivity index (χ3v) is 2.79. The number of nitro benzene ring substituents is 1. The van der Waals surface area contributed by atoms with Crippen LogP contribution in [0.15, 0.2) is 18.2 Å². The lowest BCUT2D eigenvalue weighted by Crippen LogP contribution is -2.35. The van der Waals surface area contributed by atoms with Crippen molar-refractivity contribution in [2.45, 2.75) is 26.3 Å². The third kappa shape index (κ3) is 4.44. The molecule has 1 aromatic carbocycles. The minimum Gasteiger partial charge on any atom is -0.483 e. The van der Waals surface area contributed by atoms with Crippen molar-refractivity contribution in [3.05, 3.63) is 33.9 Å². The lowest BCUT2D eigenvalue weighted by molar-refractivity contribution is -0.385. The van der Waals surface area contributed by atoms with Crippen LogP contribution in [0, 0.1) is 10.1 Å². The highest BCUT2D eigenvalue weighted by Crippen LogP contribution is 2.28. The van der Waals surface area contributed by atoms with Crippen molar-refractivity contribution in [1.82, 2.24) is 5.32 Å². The predicted molar refractivity (Wildman–Crippen MR) is 73.4 cm³/mol. The second-order valence-electron chi connectivity index (χ2n) is 4.38. The van der Waals surface area contributed by atoms with Crippen LogP contribution in [0.3, 0.4) is 0 Å². The van der Waals surface area contributed by atoms with Gasteiger partial charge in [0.05, 0.1) is 4.92 Å². The fraction of sp³-hybridized carbons (Fsp3) is 0.385. The maximum Gasteiger partial charge on any atom is 0.346 e. The lowest BCUT2D eigenvalue weighted by atomic mass is 10.1. The number of aromatic carboxylic acids is 1. The third-order valence-electron chi connectivity index (χ3n) is 2.79. The molecule has 0 aliphatic rings. The average Bonchev–Trinajstić information content (AvgIpc) is 2.44. The number of nitrogens with zero attached hydrogens (tertiary/aromatic N) is 1. The topological polar surface area (TPSA) is 119 Å². The largest absolute Gasteiger partial charge is 0.483 e. The van der Waals surface area contributed by atoms with Gasteiger partial charge >= 0.3 is 5.97 Å². The number of carboxylic acid groups (broad SMARTS) is 1. The van der Waals surface area contributed by atoms with Crippen molar-refractivity contribution in [3.8, 4) is 5.75 Å². The van der Waals surface area contributed by atoms with Crippen molar-refractivity contribution >= 4 is 17.6 Å². The first-order chi connectivity index (χ1) is 9.86. The maximum atomic E-state index is 11.6. The number of hydrogen-bond acceptors (Lipinski definition) is 5. The molecule has 0 fully saturated rings. The predicted octanol–water partition coefficient (Wildman–Crippen LogP) is 1.59. The van der Waals surface area contributed by atoms with E-state index in [1.807, 2.05) is 13.8 Å². The number of hydrogen-bond donors (Lipinski definition) is 2. The fourth-order valence-electron chi connectivity index (χ4n) is 1.57. The second kappa shape index (κ2) is 7.22. The highest BCUT2D eigenvalue weighted by Gasteiger charge is 2.25. The van der Waals surface area contributed by atoms with Gasteiger partial charge in [-0.3, -0.25) is 14.9 Å². The summed E-state index contributed by atoms with van der Waals surface area (Å²) in [5.74, 6) is -2.12. The molecule has 0 radical (unpaired) electrons. The lowest BCUT2D eigenvalue weighted by Gasteiger charge is -2.13. The smallest absolute Gasteiger partial charge is 0.346 e. The van der Waals surface area contributed by atoms with E-state index in [9.17, 15) is 19.7 Å². The Morgan fingerprint density at radius 3 is 2.67 bits per heavy atom. The van der Waals surface area contributed by atoms with Crippen LogP contribution >= 0.6 is 0 Å². The van der Waals surface area contributed by atoms with E-state index >= 15 is 0 Å². The summed E-state index contributed by atoms with van der Waals surface area (Å²) in [7, 11) is 0. The number of rotatable bonds is 7. The minimum absolute atomic E-state index is 0.0369. The van der Waals surface area contributed by atoms with E-state index in [4.69, 9.17) is 9.84 Å². The molecule has 0 aliphatic carbocycles. The van der Waals surface area contributed by atoms with E-state index in [1.54, 1.807) is 0 Å². The summed E-state index contributed by atoms with van der Waals surface area (Å²) in [6, 6.07) is 3.60. The number of nitro groups is 1. The molecule has 1 aromatic rings. The van der Waals surface area contributed by atoms with E-state index in [1.165, 1.54) is 12.1 Å². The molecule has 0 aliphatic heterocycles. The van der Waals surface area contributed by atoms with Crippen LogP contribution in [-0.2, 0) is 4.79 Å². The Bertz CT molecular complexity index is 558. The summed E-state index contributed by atoms with van der Waals surface area (Å²) in [6.07, 6.45) is 0.739. The van der Waals surface area contributed by atoms with Crippen LogP contribution in [0.4, 0.5) is 5.69 Å². The zero-order chi connectivity index (χ0) is 16.0. The molecule has 0 heterocycles. The van der Waals surface area contributed by atoms with Gasteiger partial charge in [-0.25, -0.2) is 4.79 Å². The second-order valence-corrected chi connectivity index (χ2v) is 4.38. The molecule has 8 nitrogen and oxygen atoms in total. The monoisotopic (exact) mass is 296 g/mol. The van der Waals surface area contributed by atoms with Gasteiger partial charge in [-0.1, -0.05) is 13.0 Å². The van der Waals surface area contributed by atoms with Crippen LogP contribution in [0.25, 0.3) is 0 Å². The van der Waals surface area contributed by atoms with Gasteiger partial charge in [0.25, 0.3) is 11.6 Å². The molecule has 1 atom stereocenters. The molecule has 114 valence electrons. The van der Waals surface area contributed by atoms with Crippen molar-refractivity contribution in [3.63, 3.8) is 0 Å². The molecule has 1 unspecified atom stereocenters. The Morgan fingerprint density at radius 1 is 1.48 bits per heavy atom. The Kier molecular flexibility index (Phi) is 5.65. The number of ether oxygens (including phenoxy) is 1. The maximum absolute atomic E-state index is 11.6. The Hall–Kier alpha value is -2.64. The molecule has 8 heteroatoms. The quantitative estimate of drug-likeness (QED) is 0.582. The number of amides is 1. The van der Waals surface area contributed by atoms with Gasteiger partial charge in [0, 0.05) is 12.1 Å². The molecular formula is C13H16N2O6. The van der Waals surface area contributed by atoms with Crippen molar-refractivity contribution < 1.29 is 24.4 Å². The molecule has 1 amide bonds. The van der Waals surface area contributed by atoms with Gasteiger partial charge in [0.1, 0.15) is 5.75 Å². The molecule has 1 rings (SSSR count). The van der Waals surface area contributed by atoms with Gasteiger partial charge in [0.2, 0.25) is 0 Å². The van der Waals surface area contributed by atoms with Crippen LogP contribution in [0.5, 0.6) is 5.75 Å². The molecule has 0 aromatic heterocycles. The molecule has 0 saturated carbocycles. The zero-order valence-corrected chi connectivity index (χ0v) is 11.7. The number of carbonyl (C=O) groups is 2. The van der Waals surface area contributed by atoms with E-state index in [-0.39, 0.29) is 11.8 Å². The van der Waals surface area contributed by atoms with E-state index < -0.39 is 34.7 Å². The van der Waals surface area contributed by atoms with Crippen LogP contribution in [0.2, 0.25) is 0 Å². The van der Waals surface area contributed by atoms with E-state index in [0.29, 0.717) is 0 Å². The first kappa shape index (κ1) is 16.4. The molecule has 2 N–H and O–H groups in total. The van der Waals surface area contributed by atoms with E-state index in [2.05, 4.69) is 5.32 Å². The van der Waals surface area contributed by atoms with Crippen molar-refractivity contribution in [1.29, 1.82) is 0 Å². The first-order valence-electron chi connectivity index (χ1n) is 6.29. The van der Waals surface area contributed by atoms with Gasteiger partial charge in [-0.15, -0.1) is 0 Å². The highest BCUT2D eigenvalue weighted by atomic mass is 16.6. The molecule has 0 saturated heterocycles. The standard InChI is InChI=1S/C13H16N2O6/c1-3-8(2)14-11(16)7-21-10-6-4-5-9(15(19)20)12(10)13(17)18/h4-6,8H,3,7H2,1-2H3,(H,14,16)(H,17,18). The summed E-state index contributed by atoms with van der Waals surface area (Å²) in [5, 5.41) is 22.5. The number of carbonyl (C=O) groups excluding carboxylic acids is 1. The van der Waals surface area contributed by atoms with Crippen molar-refractivity contribution in [2.75, 3.05) is 6.61 Å². The Labute approximate surface area is 120 Å². The fourth-order valence-corrected chi connectivity index (χ4v) is 1.57. The minimum atomic E-state index is -1.49. The molecular weight excluding hydrogens is 280 g/mol. The van der Waals surface area contributed by atoms with Crippen molar-refractivity contribution in [2.24, 2.45) is 0 Å². The van der Waals surface area contributed by atoms with E-state index in [0.717, 1.165) is 12.5 Å². The summed E-state index contributed by atoms with van der Waals surface area (Å²) < 4.78 is 5.10. The normalized spacial score (nSPS) is 11.5. The van der Waals surface area contributed by atoms with Crippen LogP contribution in [0.1, 0.15) is 30.6 Å².